The standard InChI is InChI=1S/C21H24FN5O2S.HI/c1-23-21(25-14-16-30(28,29)20-6-3-2-5-19(20)22)24-13-11-17-7-9-18(10-8-17)27-15-4-12-26-27;/h2-10,12,15H,11,13-14,16H2,1H3,(H2,23,24,25);1H. The fourth-order valence-electron chi connectivity index (χ4n) is 2.89. The van der Waals surface area contributed by atoms with Crippen molar-refractivity contribution >= 4 is 39.8 Å². The van der Waals surface area contributed by atoms with Crippen molar-refractivity contribution in [1.29, 1.82) is 0 Å². The summed E-state index contributed by atoms with van der Waals surface area (Å²) in [6.45, 7) is 0.746. The van der Waals surface area contributed by atoms with E-state index in [1.54, 1.807) is 17.9 Å². The van der Waals surface area contributed by atoms with Crippen molar-refractivity contribution in [2.24, 2.45) is 4.99 Å². The first-order chi connectivity index (χ1) is 14.5. The van der Waals surface area contributed by atoms with Crippen molar-refractivity contribution in [3.63, 3.8) is 0 Å². The molecular formula is C21H25FIN5O2S. The summed E-state index contributed by atoms with van der Waals surface area (Å²) in [5.74, 6) is -0.478. The normalized spacial score (nSPS) is 11.6. The van der Waals surface area contributed by atoms with Gasteiger partial charge in [0.1, 0.15) is 10.7 Å². The van der Waals surface area contributed by atoms with Crippen LogP contribution in [-0.4, -0.2) is 50.0 Å². The maximum absolute atomic E-state index is 13.7. The van der Waals surface area contributed by atoms with Crippen LogP contribution >= 0.6 is 24.0 Å². The number of guanidine groups is 1. The fraction of sp³-hybridized carbons (Fsp3) is 0.238. The van der Waals surface area contributed by atoms with Crippen LogP contribution in [0.3, 0.4) is 0 Å². The quantitative estimate of drug-likeness (QED) is 0.253. The van der Waals surface area contributed by atoms with Crippen LogP contribution in [0.2, 0.25) is 0 Å². The first-order valence-corrected chi connectivity index (χ1v) is 11.2. The number of rotatable bonds is 8. The molecule has 0 spiro atoms. The van der Waals surface area contributed by atoms with Gasteiger partial charge in [-0.15, -0.1) is 24.0 Å². The number of halogens is 2. The Kier molecular flexibility index (Phi) is 9.44. The van der Waals surface area contributed by atoms with E-state index in [1.807, 2.05) is 36.5 Å². The molecule has 7 nitrogen and oxygen atoms in total. The van der Waals surface area contributed by atoms with Gasteiger partial charge in [0, 0.05) is 32.5 Å². The van der Waals surface area contributed by atoms with Crippen LogP contribution in [0.15, 0.2) is 76.9 Å². The molecule has 0 atom stereocenters. The molecular weight excluding hydrogens is 532 g/mol. The highest BCUT2D eigenvalue weighted by Crippen LogP contribution is 2.14. The molecule has 0 saturated heterocycles. The Hall–Kier alpha value is -2.47. The Morgan fingerprint density at radius 1 is 1.06 bits per heavy atom. The summed E-state index contributed by atoms with van der Waals surface area (Å²) in [6, 6.07) is 15.3. The van der Waals surface area contributed by atoms with E-state index in [0.717, 1.165) is 23.7 Å². The summed E-state index contributed by atoms with van der Waals surface area (Å²) in [4.78, 5) is 3.81. The minimum Gasteiger partial charge on any atom is -0.356 e. The topological polar surface area (TPSA) is 88.4 Å². The molecule has 0 saturated carbocycles. The Morgan fingerprint density at radius 3 is 2.42 bits per heavy atom. The molecule has 0 unspecified atom stereocenters. The summed E-state index contributed by atoms with van der Waals surface area (Å²) < 4.78 is 40.1. The van der Waals surface area contributed by atoms with E-state index < -0.39 is 15.7 Å². The summed E-state index contributed by atoms with van der Waals surface area (Å²) in [7, 11) is -2.10. The second-order valence-electron chi connectivity index (χ2n) is 6.54. The van der Waals surface area contributed by atoms with Crippen LogP contribution in [0.25, 0.3) is 5.69 Å². The lowest BCUT2D eigenvalue weighted by molar-refractivity contribution is 0.566. The zero-order valence-corrected chi connectivity index (χ0v) is 20.2. The lowest BCUT2D eigenvalue weighted by Gasteiger charge is -2.12. The van der Waals surface area contributed by atoms with Gasteiger partial charge in [-0.25, -0.2) is 17.5 Å². The van der Waals surface area contributed by atoms with E-state index in [1.165, 1.54) is 18.2 Å². The van der Waals surface area contributed by atoms with Crippen molar-refractivity contribution in [1.82, 2.24) is 20.4 Å². The highest BCUT2D eigenvalue weighted by Gasteiger charge is 2.18. The second-order valence-corrected chi connectivity index (χ2v) is 8.62. The van der Waals surface area contributed by atoms with E-state index in [4.69, 9.17) is 0 Å². The van der Waals surface area contributed by atoms with Crippen molar-refractivity contribution in [2.45, 2.75) is 11.3 Å². The third-order valence-electron chi connectivity index (χ3n) is 4.47. The highest BCUT2D eigenvalue weighted by molar-refractivity contribution is 14.0. The zero-order chi connectivity index (χ0) is 21.4. The maximum Gasteiger partial charge on any atom is 0.191 e. The highest BCUT2D eigenvalue weighted by atomic mass is 127. The molecule has 0 aliphatic rings. The first-order valence-electron chi connectivity index (χ1n) is 9.50. The first kappa shape index (κ1) is 24.8. The van der Waals surface area contributed by atoms with Gasteiger partial charge >= 0.3 is 0 Å². The van der Waals surface area contributed by atoms with Gasteiger partial charge in [0.05, 0.1) is 11.4 Å². The summed E-state index contributed by atoms with van der Waals surface area (Å²) >= 11 is 0. The minimum absolute atomic E-state index is 0. The maximum atomic E-state index is 13.7. The molecule has 0 aliphatic carbocycles. The van der Waals surface area contributed by atoms with Crippen LogP contribution in [-0.2, 0) is 16.3 Å². The van der Waals surface area contributed by atoms with Crippen molar-refractivity contribution in [2.75, 3.05) is 25.9 Å². The lowest BCUT2D eigenvalue weighted by Crippen LogP contribution is -2.40. The smallest absolute Gasteiger partial charge is 0.191 e. The average Bonchev–Trinajstić information content (AvgIpc) is 3.28. The van der Waals surface area contributed by atoms with Crippen LogP contribution in [0.5, 0.6) is 0 Å². The van der Waals surface area contributed by atoms with Crippen LogP contribution in [0, 0.1) is 5.82 Å². The molecule has 1 heterocycles. The number of aromatic nitrogens is 2. The van der Waals surface area contributed by atoms with Crippen molar-refractivity contribution in [3.05, 3.63) is 78.4 Å². The van der Waals surface area contributed by atoms with E-state index in [-0.39, 0.29) is 41.2 Å². The molecule has 10 heteroatoms. The van der Waals surface area contributed by atoms with Crippen molar-refractivity contribution in [3.8, 4) is 5.69 Å². The monoisotopic (exact) mass is 557 g/mol. The molecule has 3 rings (SSSR count). The molecule has 3 aromatic rings. The van der Waals surface area contributed by atoms with Crippen LogP contribution < -0.4 is 10.6 Å². The van der Waals surface area contributed by atoms with Gasteiger partial charge in [0.2, 0.25) is 0 Å². The van der Waals surface area contributed by atoms with Gasteiger partial charge in [-0.1, -0.05) is 24.3 Å². The Morgan fingerprint density at radius 2 is 1.77 bits per heavy atom. The Balaban J connectivity index is 0.00000341. The van der Waals surface area contributed by atoms with Gasteiger partial charge in [-0.05, 0) is 42.3 Å². The SMILES string of the molecule is CN=C(NCCc1ccc(-n2cccn2)cc1)NCCS(=O)(=O)c1ccccc1F.I. The molecule has 0 aliphatic heterocycles. The summed E-state index contributed by atoms with van der Waals surface area (Å²) in [5, 5.41) is 10.3. The molecule has 2 aromatic carbocycles. The van der Waals surface area contributed by atoms with Crippen LogP contribution in [0.1, 0.15) is 5.56 Å². The molecule has 0 fully saturated rings. The lowest BCUT2D eigenvalue weighted by atomic mass is 10.1. The zero-order valence-electron chi connectivity index (χ0n) is 17.0. The second kappa shape index (κ2) is 11.8. The van der Waals surface area contributed by atoms with E-state index in [2.05, 4.69) is 20.7 Å². The predicted octanol–water partition coefficient (Wildman–Crippen LogP) is 2.81. The van der Waals surface area contributed by atoms with Gasteiger partial charge in [0.15, 0.2) is 15.8 Å². The number of nitrogens with one attached hydrogen (secondary N) is 2. The van der Waals surface area contributed by atoms with E-state index in [0.29, 0.717) is 12.5 Å². The number of benzene rings is 2. The number of sulfone groups is 1. The molecule has 166 valence electrons. The van der Waals surface area contributed by atoms with Gasteiger partial charge in [0.25, 0.3) is 0 Å². The van der Waals surface area contributed by atoms with Gasteiger partial charge in [-0.2, -0.15) is 5.10 Å². The molecule has 31 heavy (non-hydrogen) atoms. The number of nitrogens with zero attached hydrogens (tertiary/aromatic N) is 3. The number of aliphatic imine (C=N–C) groups is 1. The number of hydrogen-bond donors (Lipinski definition) is 2. The third-order valence-corrected chi connectivity index (χ3v) is 6.21. The molecule has 0 amide bonds. The van der Waals surface area contributed by atoms with Gasteiger partial charge in [-0.3, -0.25) is 4.99 Å². The Bertz CT molecular complexity index is 1090. The minimum atomic E-state index is -3.71. The summed E-state index contributed by atoms with van der Waals surface area (Å²) in [6.07, 6.45) is 4.39. The summed E-state index contributed by atoms with van der Waals surface area (Å²) in [5.41, 5.74) is 2.14. The Labute approximate surface area is 198 Å². The fourth-order valence-corrected chi connectivity index (χ4v) is 4.14. The van der Waals surface area contributed by atoms with Crippen molar-refractivity contribution < 1.29 is 12.8 Å². The average molecular weight is 557 g/mol. The number of hydrogen-bond acceptors (Lipinski definition) is 4. The molecule has 0 bridgehead atoms. The van der Waals surface area contributed by atoms with Gasteiger partial charge < -0.3 is 10.6 Å². The largest absolute Gasteiger partial charge is 0.356 e. The van der Waals surface area contributed by atoms with Crippen LogP contribution in [0.4, 0.5) is 4.39 Å². The molecule has 0 radical (unpaired) electrons. The molecule has 1 aromatic heterocycles. The molecule has 2 N–H and O–H groups in total. The predicted molar refractivity (Wildman–Crippen MR) is 131 cm³/mol. The van der Waals surface area contributed by atoms with E-state index >= 15 is 0 Å². The van der Waals surface area contributed by atoms with E-state index in [9.17, 15) is 12.8 Å². The third kappa shape index (κ3) is 7.03.